The van der Waals surface area contributed by atoms with E-state index < -0.39 is 13.2 Å². The first-order chi connectivity index (χ1) is 9.58. The minimum absolute atomic E-state index is 0.278. The van der Waals surface area contributed by atoms with E-state index in [1.165, 1.54) is 0 Å². The Bertz CT molecular complexity index is 598. The van der Waals surface area contributed by atoms with Crippen LogP contribution in [-0.2, 0) is 9.09 Å². The van der Waals surface area contributed by atoms with Crippen LogP contribution in [0.15, 0.2) is 59.1 Å². The molecule has 0 amide bonds. The fourth-order valence-corrected chi connectivity index (χ4v) is 4.32. The summed E-state index contributed by atoms with van der Waals surface area (Å²) in [5.41, 5.74) is 0.578. The van der Waals surface area contributed by atoms with Crippen LogP contribution in [0, 0.1) is 0 Å². The molecule has 2 aromatic rings. The van der Waals surface area contributed by atoms with Crippen molar-refractivity contribution in [1.82, 2.24) is 0 Å². The second-order valence-electron chi connectivity index (χ2n) is 4.28. The summed E-state index contributed by atoms with van der Waals surface area (Å²) in [6.07, 6.45) is 0. The SMILES string of the molecule is CCO[P@@](=O)(c1ccccc1)[C@@H](O)c1ccc(Br)cc1. The summed E-state index contributed by atoms with van der Waals surface area (Å²) in [7, 11) is -3.36. The average Bonchev–Trinajstić information content (AvgIpc) is 2.48. The van der Waals surface area contributed by atoms with Crippen molar-refractivity contribution >= 4 is 28.6 Å². The summed E-state index contributed by atoms with van der Waals surface area (Å²) < 4.78 is 19.5. The Balaban J connectivity index is 2.42. The number of aliphatic hydroxyl groups is 1. The number of hydrogen-bond donors (Lipinski definition) is 1. The van der Waals surface area contributed by atoms with E-state index in [1.807, 2.05) is 6.07 Å². The van der Waals surface area contributed by atoms with Gasteiger partial charge in [-0.05, 0) is 36.8 Å². The molecule has 2 aromatic carbocycles. The molecular formula is C15H16BrO3P. The summed E-state index contributed by atoms with van der Waals surface area (Å²) in [6.45, 7) is 2.05. The maximum atomic E-state index is 13.1. The summed E-state index contributed by atoms with van der Waals surface area (Å²) >= 11 is 3.34. The van der Waals surface area contributed by atoms with Crippen LogP contribution >= 0.6 is 23.3 Å². The molecule has 0 aliphatic carbocycles. The van der Waals surface area contributed by atoms with Gasteiger partial charge in [0.1, 0.15) is 0 Å². The third-order valence-corrected chi connectivity index (χ3v) is 6.06. The number of rotatable bonds is 5. The Morgan fingerprint density at radius 2 is 1.75 bits per heavy atom. The molecule has 0 aromatic heterocycles. The zero-order valence-electron chi connectivity index (χ0n) is 11.1. The molecule has 0 unspecified atom stereocenters. The maximum absolute atomic E-state index is 13.1. The normalized spacial score (nSPS) is 15.6. The van der Waals surface area contributed by atoms with Crippen molar-refractivity contribution in [2.75, 3.05) is 6.61 Å². The van der Waals surface area contributed by atoms with Gasteiger partial charge in [-0.2, -0.15) is 0 Å². The fraction of sp³-hybridized carbons (Fsp3) is 0.200. The monoisotopic (exact) mass is 354 g/mol. The van der Waals surface area contributed by atoms with E-state index in [0.717, 1.165) is 4.47 Å². The van der Waals surface area contributed by atoms with E-state index in [2.05, 4.69) is 15.9 Å². The molecular weight excluding hydrogens is 339 g/mol. The van der Waals surface area contributed by atoms with Gasteiger partial charge in [0, 0.05) is 9.78 Å². The molecule has 2 atom stereocenters. The highest BCUT2D eigenvalue weighted by Gasteiger charge is 2.35. The maximum Gasteiger partial charge on any atom is 0.264 e. The summed E-state index contributed by atoms with van der Waals surface area (Å²) in [5.74, 6) is -1.17. The van der Waals surface area contributed by atoms with Crippen LogP contribution in [0.5, 0.6) is 0 Å². The van der Waals surface area contributed by atoms with E-state index in [1.54, 1.807) is 55.5 Å². The first kappa shape index (κ1) is 15.5. The highest BCUT2D eigenvalue weighted by atomic mass is 79.9. The fourth-order valence-electron chi connectivity index (χ4n) is 1.95. The summed E-state index contributed by atoms with van der Waals surface area (Å²) in [6, 6.07) is 15.9. The average molecular weight is 355 g/mol. The number of halogens is 1. The molecule has 0 aliphatic rings. The van der Waals surface area contributed by atoms with Gasteiger partial charge in [0.15, 0.2) is 5.85 Å². The standard InChI is InChI=1S/C15H16BrO3P/c1-2-19-20(18,14-6-4-3-5-7-14)15(17)12-8-10-13(16)11-9-12/h3-11,15,17H,2H2,1H3/t15-,20+/m1/s1. The molecule has 3 nitrogen and oxygen atoms in total. The first-order valence-corrected chi connectivity index (χ1v) is 8.80. The van der Waals surface area contributed by atoms with Crippen molar-refractivity contribution in [2.24, 2.45) is 0 Å². The van der Waals surface area contributed by atoms with Crippen LogP contribution in [0.3, 0.4) is 0 Å². The zero-order chi connectivity index (χ0) is 14.6. The highest BCUT2D eigenvalue weighted by molar-refractivity contribution is 9.10. The lowest BCUT2D eigenvalue weighted by Gasteiger charge is -2.24. The Morgan fingerprint density at radius 1 is 1.15 bits per heavy atom. The van der Waals surface area contributed by atoms with Crippen LogP contribution in [0.2, 0.25) is 0 Å². The second-order valence-corrected chi connectivity index (χ2v) is 7.65. The van der Waals surface area contributed by atoms with Crippen LogP contribution in [-0.4, -0.2) is 11.7 Å². The molecule has 0 radical (unpaired) electrons. The Labute approximate surface area is 127 Å². The van der Waals surface area contributed by atoms with Gasteiger partial charge < -0.3 is 9.63 Å². The van der Waals surface area contributed by atoms with Crippen molar-refractivity contribution in [3.05, 3.63) is 64.6 Å². The van der Waals surface area contributed by atoms with Crippen molar-refractivity contribution in [1.29, 1.82) is 0 Å². The van der Waals surface area contributed by atoms with Crippen LogP contribution in [0.4, 0.5) is 0 Å². The van der Waals surface area contributed by atoms with Gasteiger partial charge in [0.05, 0.1) is 6.61 Å². The minimum Gasteiger partial charge on any atom is -0.378 e. The topological polar surface area (TPSA) is 46.5 Å². The highest BCUT2D eigenvalue weighted by Crippen LogP contribution is 2.57. The molecule has 0 saturated carbocycles. The largest absolute Gasteiger partial charge is 0.378 e. The van der Waals surface area contributed by atoms with Crippen LogP contribution < -0.4 is 5.30 Å². The summed E-state index contributed by atoms with van der Waals surface area (Å²) in [5, 5.41) is 11.0. The van der Waals surface area contributed by atoms with Gasteiger partial charge in [0.2, 0.25) is 0 Å². The Hall–Kier alpha value is -0.930. The smallest absolute Gasteiger partial charge is 0.264 e. The predicted octanol–water partition coefficient (Wildman–Crippen LogP) is 4.08. The first-order valence-electron chi connectivity index (χ1n) is 6.31. The van der Waals surface area contributed by atoms with Crippen molar-refractivity contribution in [3.63, 3.8) is 0 Å². The van der Waals surface area contributed by atoms with Gasteiger partial charge in [-0.15, -0.1) is 0 Å². The second kappa shape index (κ2) is 6.68. The van der Waals surface area contributed by atoms with Gasteiger partial charge in [-0.3, -0.25) is 4.57 Å². The molecule has 2 rings (SSSR count). The number of aliphatic hydroxyl groups excluding tert-OH is 1. The molecule has 20 heavy (non-hydrogen) atoms. The van der Waals surface area contributed by atoms with Crippen molar-refractivity contribution in [2.45, 2.75) is 12.8 Å². The number of benzene rings is 2. The van der Waals surface area contributed by atoms with Crippen LogP contribution in [0.1, 0.15) is 18.3 Å². The molecule has 0 aliphatic heterocycles. The third-order valence-electron chi connectivity index (χ3n) is 2.93. The third kappa shape index (κ3) is 3.21. The number of hydrogen-bond acceptors (Lipinski definition) is 3. The van der Waals surface area contributed by atoms with E-state index in [-0.39, 0.29) is 6.61 Å². The molecule has 0 heterocycles. The van der Waals surface area contributed by atoms with E-state index in [0.29, 0.717) is 10.9 Å². The van der Waals surface area contributed by atoms with Gasteiger partial charge in [0.25, 0.3) is 7.37 Å². The lowest BCUT2D eigenvalue weighted by atomic mass is 10.2. The molecule has 1 N–H and O–H groups in total. The Kier molecular flexibility index (Phi) is 5.17. The van der Waals surface area contributed by atoms with E-state index in [4.69, 9.17) is 4.52 Å². The van der Waals surface area contributed by atoms with Crippen molar-refractivity contribution in [3.8, 4) is 0 Å². The van der Waals surface area contributed by atoms with Gasteiger partial charge in [-0.1, -0.05) is 46.3 Å². The molecule has 0 saturated heterocycles. The zero-order valence-corrected chi connectivity index (χ0v) is 13.5. The molecule has 106 valence electrons. The predicted molar refractivity (Wildman–Crippen MR) is 84.4 cm³/mol. The van der Waals surface area contributed by atoms with Crippen molar-refractivity contribution < 1.29 is 14.2 Å². The minimum atomic E-state index is -3.36. The van der Waals surface area contributed by atoms with E-state index >= 15 is 0 Å². The molecule has 0 spiro atoms. The Morgan fingerprint density at radius 3 is 2.30 bits per heavy atom. The molecule has 0 bridgehead atoms. The summed E-state index contributed by atoms with van der Waals surface area (Å²) in [4.78, 5) is 0. The molecule has 0 fully saturated rings. The lowest BCUT2D eigenvalue weighted by Crippen LogP contribution is -2.14. The van der Waals surface area contributed by atoms with Gasteiger partial charge in [-0.25, -0.2) is 0 Å². The van der Waals surface area contributed by atoms with Crippen LogP contribution in [0.25, 0.3) is 0 Å². The van der Waals surface area contributed by atoms with E-state index in [9.17, 15) is 9.67 Å². The van der Waals surface area contributed by atoms with Gasteiger partial charge >= 0.3 is 0 Å². The quantitative estimate of drug-likeness (QED) is 0.823. The lowest BCUT2D eigenvalue weighted by molar-refractivity contribution is 0.218. The molecule has 5 heteroatoms.